The molecular weight excluding hydrogens is 360 g/mol. The number of rotatable bonds is 3. The number of nitrogens with zero attached hydrogens (tertiary/aromatic N) is 3. The van der Waals surface area contributed by atoms with E-state index in [1.165, 1.54) is 5.56 Å². The van der Waals surface area contributed by atoms with Gasteiger partial charge in [-0.1, -0.05) is 35.9 Å². The van der Waals surface area contributed by atoms with Crippen LogP contribution in [0.15, 0.2) is 54.7 Å². The second-order valence-corrected chi connectivity index (χ2v) is 6.95. The predicted octanol–water partition coefficient (Wildman–Crippen LogP) is 4.78. The van der Waals surface area contributed by atoms with Gasteiger partial charge in [0, 0.05) is 29.1 Å². The van der Waals surface area contributed by atoms with Crippen LogP contribution in [0.1, 0.15) is 28.0 Å². The number of amides is 1. The molecule has 0 radical (unpaired) electrons. The van der Waals surface area contributed by atoms with Crippen molar-refractivity contribution >= 4 is 34.8 Å². The minimum atomic E-state index is -0.116. The monoisotopic (exact) mass is 378 g/mol. The van der Waals surface area contributed by atoms with E-state index in [0.717, 1.165) is 29.8 Å². The average Bonchev–Trinajstić information content (AvgIpc) is 2.70. The number of aryl methyl sites for hydroxylation is 2. The van der Waals surface area contributed by atoms with Crippen molar-refractivity contribution in [2.45, 2.75) is 19.8 Å². The zero-order valence-electron chi connectivity index (χ0n) is 14.9. The molecule has 3 aromatic rings. The van der Waals surface area contributed by atoms with Crippen LogP contribution in [0, 0.1) is 6.92 Å². The van der Waals surface area contributed by atoms with Gasteiger partial charge in [0.15, 0.2) is 0 Å². The van der Waals surface area contributed by atoms with Crippen LogP contribution in [0.4, 0.5) is 17.3 Å². The van der Waals surface area contributed by atoms with Gasteiger partial charge in [-0.15, -0.1) is 0 Å². The Morgan fingerprint density at radius 2 is 2.04 bits per heavy atom. The zero-order valence-corrected chi connectivity index (χ0v) is 15.7. The van der Waals surface area contributed by atoms with Crippen LogP contribution in [0.5, 0.6) is 0 Å². The molecule has 1 aliphatic rings. The second kappa shape index (κ2) is 7.37. The molecule has 0 fully saturated rings. The van der Waals surface area contributed by atoms with E-state index in [1.54, 1.807) is 17.2 Å². The summed E-state index contributed by atoms with van der Waals surface area (Å²) in [5.74, 6) is 0.251. The molecule has 2 heterocycles. The molecule has 5 nitrogen and oxygen atoms in total. The molecule has 0 aliphatic carbocycles. The van der Waals surface area contributed by atoms with Crippen LogP contribution in [-0.2, 0) is 6.42 Å². The predicted molar refractivity (Wildman–Crippen MR) is 108 cm³/mol. The number of hydrogen-bond acceptors (Lipinski definition) is 4. The summed E-state index contributed by atoms with van der Waals surface area (Å²) in [6.45, 7) is 2.63. The summed E-state index contributed by atoms with van der Waals surface area (Å²) in [6.07, 6.45) is 3.53. The Morgan fingerprint density at radius 3 is 2.89 bits per heavy atom. The summed E-state index contributed by atoms with van der Waals surface area (Å²) >= 11 is 6.17. The maximum atomic E-state index is 13.1. The van der Waals surface area contributed by atoms with Gasteiger partial charge in [-0.2, -0.15) is 0 Å². The third-order valence-corrected chi connectivity index (χ3v) is 5.07. The molecule has 1 amide bonds. The second-order valence-electron chi connectivity index (χ2n) is 6.54. The maximum absolute atomic E-state index is 13.1. The number of halogens is 1. The van der Waals surface area contributed by atoms with E-state index in [2.05, 4.69) is 21.4 Å². The van der Waals surface area contributed by atoms with E-state index >= 15 is 0 Å². The molecule has 0 saturated heterocycles. The largest absolute Gasteiger partial charge is 0.324 e. The van der Waals surface area contributed by atoms with Crippen molar-refractivity contribution < 1.29 is 4.79 Å². The highest BCUT2D eigenvalue weighted by atomic mass is 35.5. The summed E-state index contributed by atoms with van der Waals surface area (Å²) in [7, 11) is 0. The first-order valence-corrected chi connectivity index (χ1v) is 9.25. The summed E-state index contributed by atoms with van der Waals surface area (Å²) in [5.41, 5.74) is 4.29. The molecule has 0 unspecified atom stereocenters. The number of aromatic nitrogens is 2. The van der Waals surface area contributed by atoms with E-state index in [9.17, 15) is 4.79 Å². The molecule has 0 atom stereocenters. The van der Waals surface area contributed by atoms with E-state index in [4.69, 9.17) is 11.6 Å². The van der Waals surface area contributed by atoms with Crippen molar-refractivity contribution in [3.8, 4) is 0 Å². The molecule has 6 heteroatoms. The number of para-hydroxylation sites is 1. The smallest absolute Gasteiger partial charge is 0.277 e. The number of nitrogens with one attached hydrogen (secondary N) is 1. The van der Waals surface area contributed by atoms with E-state index in [-0.39, 0.29) is 5.91 Å². The highest BCUT2D eigenvalue weighted by Gasteiger charge is 2.24. The molecule has 136 valence electrons. The molecule has 0 bridgehead atoms. The third-order valence-electron chi connectivity index (χ3n) is 4.66. The highest BCUT2D eigenvalue weighted by molar-refractivity contribution is 6.31. The minimum Gasteiger partial charge on any atom is -0.324 e. The lowest BCUT2D eigenvalue weighted by Gasteiger charge is -2.29. The van der Waals surface area contributed by atoms with Crippen molar-refractivity contribution in [3.63, 3.8) is 0 Å². The van der Waals surface area contributed by atoms with Crippen LogP contribution < -0.4 is 10.2 Å². The average molecular weight is 379 g/mol. The summed E-state index contributed by atoms with van der Waals surface area (Å²) in [4.78, 5) is 23.5. The first-order valence-electron chi connectivity index (χ1n) is 8.88. The Labute approximate surface area is 163 Å². The van der Waals surface area contributed by atoms with E-state index in [0.29, 0.717) is 23.2 Å². The molecule has 1 N–H and O–H groups in total. The van der Waals surface area contributed by atoms with Crippen molar-refractivity contribution in [1.29, 1.82) is 0 Å². The van der Waals surface area contributed by atoms with Gasteiger partial charge in [-0.05, 0) is 55.2 Å². The third kappa shape index (κ3) is 3.64. The zero-order chi connectivity index (χ0) is 18.8. The number of carbonyl (C=O) groups is 1. The highest BCUT2D eigenvalue weighted by Crippen LogP contribution is 2.28. The topological polar surface area (TPSA) is 58.1 Å². The standard InChI is InChI=1S/C21H19ClN4O/c1-14-8-9-16(13-17(14)22)24-21-23-11-10-18(25-21)20(27)26-12-4-6-15-5-2-3-7-19(15)26/h2-3,5,7-11,13H,4,6,12H2,1H3,(H,23,24,25). The Balaban J connectivity index is 1.59. The van der Waals surface area contributed by atoms with Gasteiger partial charge in [0.2, 0.25) is 5.95 Å². The fourth-order valence-corrected chi connectivity index (χ4v) is 3.40. The van der Waals surface area contributed by atoms with Crippen molar-refractivity contribution in [3.05, 3.63) is 76.6 Å². The van der Waals surface area contributed by atoms with Gasteiger partial charge in [0.1, 0.15) is 5.69 Å². The normalized spacial score (nSPS) is 13.2. The van der Waals surface area contributed by atoms with Gasteiger partial charge in [-0.3, -0.25) is 4.79 Å². The van der Waals surface area contributed by atoms with Gasteiger partial charge < -0.3 is 10.2 Å². The fraction of sp³-hybridized carbons (Fsp3) is 0.190. The number of fused-ring (bicyclic) bond motifs is 1. The lowest BCUT2D eigenvalue weighted by Crippen LogP contribution is -2.36. The fourth-order valence-electron chi connectivity index (χ4n) is 3.22. The Morgan fingerprint density at radius 1 is 1.19 bits per heavy atom. The molecule has 1 aromatic heterocycles. The molecule has 4 rings (SSSR count). The number of carbonyl (C=O) groups excluding carboxylic acids is 1. The SMILES string of the molecule is Cc1ccc(Nc2nccc(C(=O)N3CCCc4ccccc43)n2)cc1Cl. The Kier molecular flexibility index (Phi) is 4.77. The van der Waals surface area contributed by atoms with Crippen LogP contribution in [-0.4, -0.2) is 22.4 Å². The quantitative estimate of drug-likeness (QED) is 0.712. The summed E-state index contributed by atoms with van der Waals surface area (Å²) < 4.78 is 0. The Hall–Kier alpha value is -2.92. The van der Waals surface area contributed by atoms with Crippen LogP contribution >= 0.6 is 11.6 Å². The molecule has 2 aromatic carbocycles. The first kappa shape index (κ1) is 17.5. The molecule has 0 saturated carbocycles. The summed E-state index contributed by atoms with van der Waals surface area (Å²) in [5, 5.41) is 3.78. The number of hydrogen-bond donors (Lipinski definition) is 1. The van der Waals surface area contributed by atoms with Crippen molar-refractivity contribution in [2.24, 2.45) is 0 Å². The molecule has 1 aliphatic heterocycles. The molecule has 0 spiro atoms. The first-order chi connectivity index (χ1) is 13.1. The van der Waals surface area contributed by atoms with E-state index < -0.39 is 0 Å². The van der Waals surface area contributed by atoms with Gasteiger partial charge in [-0.25, -0.2) is 9.97 Å². The van der Waals surface area contributed by atoms with Crippen molar-refractivity contribution in [2.75, 3.05) is 16.8 Å². The lowest BCUT2D eigenvalue weighted by atomic mass is 10.0. The maximum Gasteiger partial charge on any atom is 0.277 e. The Bertz CT molecular complexity index is 1000. The van der Waals surface area contributed by atoms with Gasteiger partial charge >= 0.3 is 0 Å². The van der Waals surface area contributed by atoms with Crippen molar-refractivity contribution in [1.82, 2.24) is 9.97 Å². The van der Waals surface area contributed by atoms with Gasteiger partial charge in [0.25, 0.3) is 5.91 Å². The van der Waals surface area contributed by atoms with Crippen LogP contribution in [0.3, 0.4) is 0 Å². The number of anilines is 3. The lowest BCUT2D eigenvalue weighted by molar-refractivity contribution is 0.0980. The van der Waals surface area contributed by atoms with Gasteiger partial charge in [0.05, 0.1) is 0 Å². The number of benzene rings is 2. The van der Waals surface area contributed by atoms with Crippen LogP contribution in [0.25, 0.3) is 0 Å². The molecule has 27 heavy (non-hydrogen) atoms. The van der Waals surface area contributed by atoms with Crippen LogP contribution in [0.2, 0.25) is 5.02 Å². The minimum absolute atomic E-state index is 0.116. The summed E-state index contributed by atoms with van der Waals surface area (Å²) in [6, 6.07) is 15.3. The van der Waals surface area contributed by atoms with E-state index in [1.807, 2.05) is 43.3 Å². The molecular formula is C21H19ClN4O.